The standard InChI is InChI=1S/C13H10ClFN2O2/c14-12-6-3-10(8-17(12)19)13(18)16-7-9-1-4-11(15)5-2-9/h1-6,8H,7H2,(H,16,18). The Hall–Kier alpha value is -2.14. The Bertz CT molecular complexity index is 602. The van der Waals surface area contributed by atoms with Gasteiger partial charge in [-0.3, -0.25) is 4.79 Å². The van der Waals surface area contributed by atoms with Crippen LogP contribution in [0, 0.1) is 11.0 Å². The number of hydrogen-bond acceptors (Lipinski definition) is 2. The second-order valence-electron chi connectivity index (χ2n) is 3.88. The number of nitrogens with zero attached hydrogens (tertiary/aromatic N) is 1. The molecule has 0 unspecified atom stereocenters. The Morgan fingerprint density at radius 1 is 1.26 bits per heavy atom. The molecule has 0 bridgehead atoms. The second-order valence-corrected chi connectivity index (χ2v) is 4.26. The van der Waals surface area contributed by atoms with Crippen LogP contribution in [0.15, 0.2) is 42.6 Å². The number of aromatic nitrogens is 1. The first-order chi connectivity index (χ1) is 9.06. The van der Waals surface area contributed by atoms with Crippen LogP contribution in [0.5, 0.6) is 0 Å². The molecule has 1 aromatic carbocycles. The summed E-state index contributed by atoms with van der Waals surface area (Å²) in [7, 11) is 0. The number of carbonyl (C=O) groups excluding carboxylic acids is 1. The molecule has 1 amide bonds. The van der Waals surface area contributed by atoms with Crippen molar-refractivity contribution in [2.75, 3.05) is 0 Å². The molecule has 2 aromatic rings. The van der Waals surface area contributed by atoms with E-state index >= 15 is 0 Å². The minimum absolute atomic E-state index is 0.00455. The number of halogens is 2. The van der Waals surface area contributed by atoms with Gasteiger partial charge in [0.05, 0.1) is 0 Å². The van der Waals surface area contributed by atoms with Crippen molar-refractivity contribution in [1.29, 1.82) is 0 Å². The van der Waals surface area contributed by atoms with Gasteiger partial charge in [-0.2, -0.15) is 4.73 Å². The van der Waals surface area contributed by atoms with Gasteiger partial charge in [0.15, 0.2) is 6.20 Å². The molecule has 6 heteroatoms. The van der Waals surface area contributed by atoms with E-state index < -0.39 is 5.91 Å². The van der Waals surface area contributed by atoms with Crippen molar-refractivity contribution < 1.29 is 13.9 Å². The van der Waals surface area contributed by atoms with Crippen molar-refractivity contribution in [3.8, 4) is 0 Å². The third kappa shape index (κ3) is 3.42. The maximum atomic E-state index is 12.7. The number of amides is 1. The van der Waals surface area contributed by atoms with E-state index in [9.17, 15) is 14.4 Å². The van der Waals surface area contributed by atoms with Crippen LogP contribution in [0.1, 0.15) is 15.9 Å². The molecule has 2 rings (SSSR count). The zero-order valence-corrected chi connectivity index (χ0v) is 10.5. The fourth-order valence-corrected chi connectivity index (χ4v) is 1.60. The quantitative estimate of drug-likeness (QED) is 0.531. The van der Waals surface area contributed by atoms with Crippen LogP contribution < -0.4 is 10.0 Å². The Labute approximate surface area is 114 Å². The van der Waals surface area contributed by atoms with Crippen molar-refractivity contribution in [3.63, 3.8) is 0 Å². The lowest BCUT2D eigenvalue weighted by Gasteiger charge is -2.05. The van der Waals surface area contributed by atoms with E-state index in [-0.39, 0.29) is 23.1 Å². The van der Waals surface area contributed by atoms with E-state index in [0.717, 1.165) is 11.8 Å². The smallest absolute Gasteiger partial charge is 0.286 e. The maximum Gasteiger partial charge on any atom is 0.286 e. The molecule has 0 aliphatic carbocycles. The van der Waals surface area contributed by atoms with Crippen LogP contribution >= 0.6 is 11.6 Å². The number of carbonyl (C=O) groups is 1. The molecular weight excluding hydrogens is 271 g/mol. The summed E-state index contributed by atoms with van der Waals surface area (Å²) in [5.74, 6) is -0.731. The Balaban J connectivity index is 2.01. The Morgan fingerprint density at radius 3 is 2.58 bits per heavy atom. The van der Waals surface area contributed by atoms with Gasteiger partial charge in [-0.15, -0.1) is 0 Å². The van der Waals surface area contributed by atoms with Crippen LogP contribution in [0.3, 0.4) is 0 Å². The monoisotopic (exact) mass is 280 g/mol. The highest BCUT2D eigenvalue weighted by Crippen LogP contribution is 2.05. The van der Waals surface area contributed by atoms with Crippen LogP contribution in [0.25, 0.3) is 0 Å². The van der Waals surface area contributed by atoms with E-state index in [1.54, 1.807) is 12.1 Å². The van der Waals surface area contributed by atoms with E-state index in [1.165, 1.54) is 24.3 Å². The molecule has 1 N–H and O–H groups in total. The number of rotatable bonds is 3. The zero-order chi connectivity index (χ0) is 13.8. The van der Waals surface area contributed by atoms with Crippen molar-refractivity contribution in [2.24, 2.45) is 0 Å². The highest BCUT2D eigenvalue weighted by molar-refractivity contribution is 6.28. The molecule has 4 nitrogen and oxygen atoms in total. The average molecular weight is 281 g/mol. The first-order valence-electron chi connectivity index (χ1n) is 5.47. The lowest BCUT2D eigenvalue weighted by molar-refractivity contribution is -0.603. The van der Waals surface area contributed by atoms with Crippen molar-refractivity contribution in [3.05, 3.63) is 69.9 Å². The number of hydrogen-bond donors (Lipinski definition) is 1. The average Bonchev–Trinajstić information content (AvgIpc) is 2.41. The van der Waals surface area contributed by atoms with Gasteiger partial charge in [-0.05, 0) is 35.4 Å². The lowest BCUT2D eigenvalue weighted by Crippen LogP contribution is -2.31. The summed E-state index contributed by atoms with van der Waals surface area (Å²) < 4.78 is 13.1. The minimum atomic E-state index is -0.398. The predicted octanol–water partition coefficient (Wildman–Crippen LogP) is 2.04. The van der Waals surface area contributed by atoms with Crippen LogP contribution in [0.2, 0.25) is 5.15 Å². The topological polar surface area (TPSA) is 56.0 Å². The van der Waals surface area contributed by atoms with Crippen LogP contribution in [0.4, 0.5) is 4.39 Å². The molecule has 0 atom stereocenters. The van der Waals surface area contributed by atoms with Crippen molar-refractivity contribution in [1.82, 2.24) is 5.32 Å². The number of pyridine rings is 1. The number of nitrogens with one attached hydrogen (secondary N) is 1. The molecule has 0 radical (unpaired) electrons. The summed E-state index contributed by atoms with van der Waals surface area (Å²) in [5, 5.41) is 13.8. The van der Waals surface area contributed by atoms with E-state index in [2.05, 4.69) is 5.32 Å². The Morgan fingerprint density at radius 2 is 1.95 bits per heavy atom. The van der Waals surface area contributed by atoms with Crippen LogP contribution in [-0.2, 0) is 6.54 Å². The summed E-state index contributed by atoms with van der Waals surface area (Å²) in [6.45, 7) is 0.251. The van der Waals surface area contributed by atoms with Gasteiger partial charge >= 0.3 is 0 Å². The first kappa shape index (κ1) is 13.3. The molecule has 0 spiro atoms. The lowest BCUT2D eigenvalue weighted by atomic mass is 10.2. The van der Waals surface area contributed by atoms with Gasteiger partial charge in [0, 0.05) is 12.6 Å². The first-order valence-corrected chi connectivity index (χ1v) is 5.85. The van der Waals surface area contributed by atoms with Gasteiger partial charge < -0.3 is 10.5 Å². The minimum Gasteiger partial charge on any atom is -0.618 e. The van der Waals surface area contributed by atoms with Gasteiger partial charge in [-0.25, -0.2) is 4.39 Å². The zero-order valence-electron chi connectivity index (χ0n) is 9.77. The van der Waals surface area contributed by atoms with Gasteiger partial charge in [0.1, 0.15) is 11.4 Å². The largest absolute Gasteiger partial charge is 0.618 e. The van der Waals surface area contributed by atoms with E-state index in [1.807, 2.05) is 0 Å². The molecule has 0 saturated heterocycles. The molecular formula is C13H10ClFN2O2. The normalized spacial score (nSPS) is 10.2. The molecule has 1 heterocycles. The molecule has 0 aliphatic rings. The molecule has 0 aliphatic heterocycles. The summed E-state index contributed by atoms with van der Waals surface area (Å²) in [6, 6.07) is 8.58. The third-order valence-electron chi connectivity index (χ3n) is 2.50. The third-order valence-corrected chi connectivity index (χ3v) is 2.79. The summed E-state index contributed by atoms with van der Waals surface area (Å²) in [6.07, 6.45) is 1.10. The molecule has 98 valence electrons. The molecule has 1 aromatic heterocycles. The van der Waals surface area contributed by atoms with Crippen molar-refractivity contribution >= 4 is 17.5 Å². The fraction of sp³-hybridized carbons (Fsp3) is 0.0769. The summed E-state index contributed by atoms with van der Waals surface area (Å²) >= 11 is 5.56. The predicted molar refractivity (Wildman–Crippen MR) is 68.0 cm³/mol. The van der Waals surface area contributed by atoms with E-state index in [0.29, 0.717) is 4.73 Å². The molecule has 0 saturated carbocycles. The maximum absolute atomic E-state index is 12.7. The van der Waals surface area contributed by atoms with Crippen LogP contribution in [-0.4, -0.2) is 5.91 Å². The van der Waals surface area contributed by atoms with Gasteiger partial charge in [0.2, 0.25) is 0 Å². The SMILES string of the molecule is O=C(NCc1ccc(F)cc1)c1ccc(Cl)[n+]([O-])c1. The summed E-state index contributed by atoms with van der Waals surface area (Å²) in [4.78, 5) is 11.8. The summed E-state index contributed by atoms with van der Waals surface area (Å²) in [5.41, 5.74) is 0.972. The molecule has 0 fully saturated rings. The Kier molecular flexibility index (Phi) is 3.97. The second kappa shape index (κ2) is 5.67. The van der Waals surface area contributed by atoms with Crippen molar-refractivity contribution in [2.45, 2.75) is 6.54 Å². The highest BCUT2D eigenvalue weighted by Gasteiger charge is 2.10. The molecule has 19 heavy (non-hydrogen) atoms. The highest BCUT2D eigenvalue weighted by atomic mass is 35.5. The van der Waals surface area contributed by atoms with Gasteiger partial charge in [-0.1, -0.05) is 12.1 Å². The number of benzene rings is 1. The van der Waals surface area contributed by atoms with E-state index in [4.69, 9.17) is 11.6 Å². The fourth-order valence-electron chi connectivity index (χ4n) is 1.48. The van der Waals surface area contributed by atoms with Gasteiger partial charge in [0.25, 0.3) is 11.1 Å².